The lowest BCUT2D eigenvalue weighted by molar-refractivity contribution is 0.0720. The summed E-state index contributed by atoms with van der Waals surface area (Å²) in [7, 11) is -3.42. The van der Waals surface area contributed by atoms with E-state index in [1.807, 2.05) is 27.7 Å². The first-order valence-corrected chi connectivity index (χ1v) is 8.30. The zero-order valence-electron chi connectivity index (χ0n) is 11.2. The fourth-order valence-corrected chi connectivity index (χ4v) is 5.97. The van der Waals surface area contributed by atoms with Gasteiger partial charge in [0.05, 0.1) is 0 Å². The Morgan fingerprint density at radius 1 is 1.22 bits per heavy atom. The molecule has 2 rings (SSSR count). The van der Waals surface area contributed by atoms with Crippen molar-refractivity contribution in [2.75, 3.05) is 13.1 Å². The van der Waals surface area contributed by atoms with Gasteiger partial charge < -0.3 is 5.32 Å². The molecule has 1 aromatic rings. The Bertz CT molecular complexity index is 502. The molecule has 0 saturated carbocycles. The average Bonchev–Trinajstić information content (AvgIpc) is 2.65. The van der Waals surface area contributed by atoms with Crippen molar-refractivity contribution < 1.29 is 8.42 Å². The number of nitrogens with one attached hydrogen (secondary N) is 1. The Morgan fingerprint density at radius 2 is 1.78 bits per heavy atom. The molecule has 1 saturated heterocycles. The Hall–Kier alpha value is -0.430. The minimum absolute atomic E-state index is 0.422. The number of piperazine rings is 1. The Morgan fingerprint density at radius 3 is 2.22 bits per heavy atom. The van der Waals surface area contributed by atoms with Gasteiger partial charge in [0.25, 0.3) is 10.0 Å². The van der Waals surface area contributed by atoms with Crippen LogP contribution in [-0.2, 0) is 10.0 Å². The molecule has 1 aliphatic heterocycles. The number of hydrogen-bond acceptors (Lipinski definition) is 4. The van der Waals surface area contributed by atoms with Gasteiger partial charge in [0.15, 0.2) is 0 Å². The molecule has 1 N–H and O–H groups in total. The van der Waals surface area contributed by atoms with E-state index in [4.69, 9.17) is 0 Å². The minimum Gasteiger partial charge on any atom is -0.313 e. The predicted molar refractivity (Wildman–Crippen MR) is 74.4 cm³/mol. The van der Waals surface area contributed by atoms with Gasteiger partial charge in [-0.05, 0) is 39.1 Å². The zero-order chi connectivity index (χ0) is 13.6. The molecule has 4 nitrogen and oxygen atoms in total. The van der Waals surface area contributed by atoms with Crippen molar-refractivity contribution in [3.63, 3.8) is 0 Å². The van der Waals surface area contributed by atoms with Crippen LogP contribution in [-0.4, -0.2) is 36.9 Å². The normalized spacial score (nSPS) is 24.0. The lowest BCUT2D eigenvalue weighted by atomic mass is 9.93. The number of hydrogen-bond donors (Lipinski definition) is 1. The third-order valence-corrected chi connectivity index (χ3v) is 6.90. The summed E-state index contributed by atoms with van der Waals surface area (Å²) in [5.74, 6) is 0. The molecule has 1 aromatic heterocycles. The molecule has 18 heavy (non-hydrogen) atoms. The molecule has 1 fully saturated rings. The minimum atomic E-state index is -3.42. The molecular weight excluding hydrogens is 268 g/mol. The molecule has 0 radical (unpaired) electrons. The van der Waals surface area contributed by atoms with E-state index in [0.29, 0.717) is 17.3 Å². The van der Waals surface area contributed by atoms with Gasteiger partial charge >= 0.3 is 0 Å². The summed E-state index contributed by atoms with van der Waals surface area (Å²) in [5.41, 5.74) is -0.852. The van der Waals surface area contributed by atoms with Crippen molar-refractivity contribution in [1.82, 2.24) is 9.62 Å². The molecule has 0 aliphatic carbocycles. The van der Waals surface area contributed by atoms with Gasteiger partial charge in [-0.1, -0.05) is 6.07 Å². The molecule has 0 aromatic carbocycles. The van der Waals surface area contributed by atoms with Crippen LogP contribution in [0.5, 0.6) is 0 Å². The van der Waals surface area contributed by atoms with Gasteiger partial charge in [-0.15, -0.1) is 11.3 Å². The van der Waals surface area contributed by atoms with Crippen LogP contribution in [0, 0.1) is 0 Å². The second-order valence-corrected chi connectivity index (χ2v) is 8.89. The summed E-state index contributed by atoms with van der Waals surface area (Å²) in [4.78, 5) is 0. The predicted octanol–water partition coefficient (Wildman–Crippen LogP) is 1.90. The van der Waals surface area contributed by atoms with E-state index >= 15 is 0 Å². The summed E-state index contributed by atoms with van der Waals surface area (Å²) < 4.78 is 27.7. The van der Waals surface area contributed by atoms with Crippen molar-refractivity contribution in [3.05, 3.63) is 17.5 Å². The monoisotopic (exact) mass is 288 g/mol. The van der Waals surface area contributed by atoms with Gasteiger partial charge in [-0.2, -0.15) is 4.31 Å². The Balaban J connectivity index is 2.53. The summed E-state index contributed by atoms with van der Waals surface area (Å²) in [6, 6.07) is 3.45. The highest BCUT2D eigenvalue weighted by Crippen LogP contribution is 2.36. The molecule has 2 heterocycles. The van der Waals surface area contributed by atoms with Crippen LogP contribution in [0.4, 0.5) is 0 Å². The molecule has 0 spiro atoms. The third kappa shape index (κ3) is 2.22. The fraction of sp³-hybridized carbons (Fsp3) is 0.667. The van der Waals surface area contributed by atoms with Crippen molar-refractivity contribution in [2.24, 2.45) is 0 Å². The van der Waals surface area contributed by atoms with Crippen LogP contribution in [0.3, 0.4) is 0 Å². The second kappa shape index (κ2) is 4.30. The molecule has 102 valence electrons. The van der Waals surface area contributed by atoms with Gasteiger partial charge in [0.2, 0.25) is 0 Å². The molecule has 0 unspecified atom stereocenters. The number of rotatable bonds is 2. The van der Waals surface area contributed by atoms with E-state index in [-0.39, 0.29) is 0 Å². The SMILES string of the molecule is CC1(C)CNCC(C)(C)N1S(=O)(=O)c1cccs1. The van der Waals surface area contributed by atoms with Gasteiger partial charge in [-0.25, -0.2) is 8.42 Å². The quantitative estimate of drug-likeness (QED) is 0.904. The van der Waals surface area contributed by atoms with Crippen LogP contribution in [0.1, 0.15) is 27.7 Å². The summed E-state index contributed by atoms with van der Waals surface area (Å²) in [5, 5.41) is 5.11. The maximum Gasteiger partial charge on any atom is 0.253 e. The molecular formula is C12H20N2O2S2. The van der Waals surface area contributed by atoms with Gasteiger partial charge in [-0.3, -0.25) is 0 Å². The highest BCUT2D eigenvalue weighted by Gasteiger charge is 2.49. The zero-order valence-corrected chi connectivity index (χ0v) is 12.9. The van der Waals surface area contributed by atoms with E-state index < -0.39 is 21.1 Å². The molecule has 0 bridgehead atoms. The van der Waals surface area contributed by atoms with Crippen LogP contribution in [0.25, 0.3) is 0 Å². The summed E-state index contributed by atoms with van der Waals surface area (Å²) in [6.45, 7) is 9.19. The van der Waals surface area contributed by atoms with Crippen LogP contribution >= 0.6 is 11.3 Å². The highest BCUT2D eigenvalue weighted by molar-refractivity contribution is 7.91. The largest absolute Gasteiger partial charge is 0.313 e. The topological polar surface area (TPSA) is 49.4 Å². The van der Waals surface area contributed by atoms with E-state index in [0.717, 1.165) is 0 Å². The van der Waals surface area contributed by atoms with E-state index in [1.54, 1.807) is 21.8 Å². The van der Waals surface area contributed by atoms with Gasteiger partial charge in [0, 0.05) is 24.2 Å². The molecule has 0 amide bonds. The van der Waals surface area contributed by atoms with E-state index in [2.05, 4.69) is 5.32 Å². The smallest absolute Gasteiger partial charge is 0.253 e. The molecule has 6 heteroatoms. The fourth-order valence-electron chi connectivity index (χ4n) is 2.79. The standard InChI is InChI=1S/C12H20N2O2S2/c1-11(2)8-13-9-12(3,4)14(11)18(15,16)10-6-5-7-17-10/h5-7,13H,8-9H2,1-4H3. The van der Waals surface area contributed by atoms with Crippen molar-refractivity contribution in [1.29, 1.82) is 0 Å². The van der Waals surface area contributed by atoms with Crippen LogP contribution in [0.2, 0.25) is 0 Å². The van der Waals surface area contributed by atoms with Crippen LogP contribution in [0.15, 0.2) is 21.7 Å². The first kappa shape index (κ1) is 14.0. The van der Waals surface area contributed by atoms with Gasteiger partial charge in [0.1, 0.15) is 4.21 Å². The van der Waals surface area contributed by atoms with Crippen molar-refractivity contribution >= 4 is 21.4 Å². The average molecular weight is 288 g/mol. The lowest BCUT2D eigenvalue weighted by Gasteiger charge is -2.51. The number of sulfonamides is 1. The second-order valence-electron chi connectivity index (χ2n) is 5.93. The van der Waals surface area contributed by atoms with Crippen molar-refractivity contribution in [3.8, 4) is 0 Å². The Kier molecular flexibility index (Phi) is 3.34. The third-order valence-electron chi connectivity index (χ3n) is 3.20. The van der Waals surface area contributed by atoms with E-state index in [9.17, 15) is 8.42 Å². The van der Waals surface area contributed by atoms with Crippen LogP contribution < -0.4 is 5.32 Å². The number of thiophene rings is 1. The first-order chi connectivity index (χ1) is 8.18. The van der Waals surface area contributed by atoms with E-state index in [1.165, 1.54) is 11.3 Å². The maximum atomic E-state index is 12.8. The molecule has 1 aliphatic rings. The maximum absolute atomic E-state index is 12.8. The molecule has 0 atom stereocenters. The Labute approximate surface area is 113 Å². The lowest BCUT2D eigenvalue weighted by Crippen LogP contribution is -2.68. The first-order valence-electron chi connectivity index (χ1n) is 5.98. The number of nitrogens with zero attached hydrogens (tertiary/aromatic N) is 1. The van der Waals surface area contributed by atoms with Crippen molar-refractivity contribution in [2.45, 2.75) is 43.0 Å². The highest BCUT2D eigenvalue weighted by atomic mass is 32.2. The summed E-state index contributed by atoms with van der Waals surface area (Å²) >= 11 is 1.27. The summed E-state index contributed by atoms with van der Waals surface area (Å²) in [6.07, 6.45) is 0.